The highest BCUT2D eigenvalue weighted by molar-refractivity contribution is 5.68. The Morgan fingerprint density at radius 2 is 1.71 bits per heavy atom. The van der Waals surface area contributed by atoms with E-state index in [9.17, 15) is 33.4 Å². The molecule has 21 heavy (non-hydrogen) atoms. The van der Waals surface area contributed by atoms with Crippen LogP contribution in [-0.2, 0) is 6.18 Å². The zero-order valence-corrected chi connectivity index (χ0v) is 10.9. The van der Waals surface area contributed by atoms with Crippen LogP contribution in [0.4, 0.5) is 24.5 Å². The van der Waals surface area contributed by atoms with Crippen LogP contribution in [0, 0.1) is 20.2 Å². The minimum absolute atomic E-state index is 0.280. The van der Waals surface area contributed by atoms with Crippen LogP contribution in [-0.4, -0.2) is 28.8 Å². The van der Waals surface area contributed by atoms with Crippen LogP contribution >= 0.6 is 0 Å². The van der Waals surface area contributed by atoms with Crippen LogP contribution < -0.4 is 0 Å². The monoisotopic (exact) mass is 305 g/mol. The van der Waals surface area contributed by atoms with E-state index in [1.807, 2.05) is 0 Å². The maximum Gasteiger partial charge on any atom is 0.417 e. The molecule has 0 fully saturated rings. The number of nitro groups is 2. The predicted octanol–water partition coefficient (Wildman–Crippen LogP) is 3.05. The molecule has 0 aliphatic rings. The van der Waals surface area contributed by atoms with Gasteiger partial charge in [0, 0.05) is 20.2 Å². The topological polar surface area (TPSA) is 89.5 Å². The van der Waals surface area contributed by atoms with Gasteiger partial charge in [-0.2, -0.15) is 13.2 Å². The van der Waals surface area contributed by atoms with Crippen molar-refractivity contribution in [2.45, 2.75) is 6.18 Å². The minimum Gasteiger partial charge on any atom is -0.383 e. The van der Waals surface area contributed by atoms with Gasteiger partial charge in [0.2, 0.25) is 0 Å². The fourth-order valence-corrected chi connectivity index (χ4v) is 1.51. The number of nitrogens with zero attached hydrogens (tertiary/aromatic N) is 3. The molecule has 10 heteroatoms. The highest BCUT2D eigenvalue weighted by Gasteiger charge is 2.38. The van der Waals surface area contributed by atoms with Gasteiger partial charge in [0.25, 0.3) is 11.4 Å². The third-order valence-corrected chi connectivity index (χ3v) is 2.40. The first-order chi connectivity index (χ1) is 9.54. The largest absolute Gasteiger partial charge is 0.417 e. The molecule has 1 rings (SSSR count). The van der Waals surface area contributed by atoms with Crippen molar-refractivity contribution in [3.63, 3.8) is 0 Å². The van der Waals surface area contributed by atoms with E-state index in [1.165, 1.54) is 25.2 Å². The quantitative estimate of drug-likeness (QED) is 0.630. The highest BCUT2D eigenvalue weighted by atomic mass is 19.4. The number of hydrogen-bond acceptors (Lipinski definition) is 5. The van der Waals surface area contributed by atoms with Crippen molar-refractivity contribution >= 4 is 17.5 Å². The molecule has 0 saturated carbocycles. The lowest BCUT2D eigenvalue weighted by Gasteiger charge is -2.11. The van der Waals surface area contributed by atoms with Crippen LogP contribution in [0.2, 0.25) is 0 Å². The summed E-state index contributed by atoms with van der Waals surface area (Å²) in [7, 11) is 3.03. The second-order valence-electron chi connectivity index (χ2n) is 4.22. The average Bonchev–Trinajstić information content (AvgIpc) is 2.33. The molecular weight excluding hydrogens is 295 g/mol. The Bertz CT molecular complexity index is 611. The summed E-state index contributed by atoms with van der Waals surface area (Å²) in [6.45, 7) is 0. The Morgan fingerprint density at radius 1 is 1.14 bits per heavy atom. The van der Waals surface area contributed by atoms with Crippen molar-refractivity contribution in [3.05, 3.63) is 49.7 Å². The zero-order valence-electron chi connectivity index (χ0n) is 10.9. The van der Waals surface area contributed by atoms with Crippen molar-refractivity contribution in [3.8, 4) is 0 Å². The molecule has 7 nitrogen and oxygen atoms in total. The number of rotatable bonds is 4. The first-order valence-electron chi connectivity index (χ1n) is 5.42. The van der Waals surface area contributed by atoms with Crippen molar-refractivity contribution in [2.75, 3.05) is 14.1 Å². The third-order valence-electron chi connectivity index (χ3n) is 2.40. The molecule has 0 saturated heterocycles. The normalized spacial score (nSPS) is 11.7. The summed E-state index contributed by atoms with van der Waals surface area (Å²) in [4.78, 5) is 20.7. The Kier molecular flexibility index (Phi) is 4.51. The summed E-state index contributed by atoms with van der Waals surface area (Å²) in [5.74, 6) is 0. The van der Waals surface area contributed by atoms with Crippen molar-refractivity contribution in [1.82, 2.24) is 4.90 Å². The average molecular weight is 305 g/mol. The van der Waals surface area contributed by atoms with E-state index in [1.54, 1.807) is 0 Å². The SMILES string of the molecule is CN(C)/C=C/c1c([N+](=O)[O-])cc([N+](=O)[O-])cc1C(F)(F)F. The highest BCUT2D eigenvalue weighted by Crippen LogP contribution is 2.39. The summed E-state index contributed by atoms with van der Waals surface area (Å²) in [5, 5.41) is 21.5. The number of alkyl halides is 3. The van der Waals surface area contributed by atoms with Gasteiger partial charge in [-0.05, 0) is 12.3 Å². The fourth-order valence-electron chi connectivity index (χ4n) is 1.51. The van der Waals surface area contributed by atoms with Gasteiger partial charge in [-0.15, -0.1) is 0 Å². The van der Waals surface area contributed by atoms with Gasteiger partial charge >= 0.3 is 6.18 Å². The molecular formula is C11H10F3N3O4. The van der Waals surface area contributed by atoms with E-state index in [0.717, 1.165) is 6.08 Å². The molecule has 1 aromatic rings. The predicted molar refractivity (Wildman–Crippen MR) is 67.5 cm³/mol. The van der Waals surface area contributed by atoms with Gasteiger partial charge in [-0.1, -0.05) is 0 Å². The number of halogens is 3. The van der Waals surface area contributed by atoms with Gasteiger partial charge in [0.05, 0.1) is 27.0 Å². The summed E-state index contributed by atoms with van der Waals surface area (Å²) in [6, 6.07) is 0.785. The second-order valence-corrected chi connectivity index (χ2v) is 4.22. The number of benzene rings is 1. The number of non-ortho nitro benzene ring substituents is 1. The van der Waals surface area contributed by atoms with Gasteiger partial charge < -0.3 is 4.90 Å². The van der Waals surface area contributed by atoms with Crippen LogP contribution in [0.15, 0.2) is 18.3 Å². The van der Waals surface area contributed by atoms with E-state index in [-0.39, 0.29) is 6.07 Å². The van der Waals surface area contributed by atoms with Crippen LogP contribution in [0.5, 0.6) is 0 Å². The van der Waals surface area contributed by atoms with Crippen LogP contribution in [0.3, 0.4) is 0 Å². The van der Waals surface area contributed by atoms with Gasteiger partial charge in [0.15, 0.2) is 0 Å². The molecule has 0 N–H and O–H groups in total. The van der Waals surface area contributed by atoms with E-state index >= 15 is 0 Å². The van der Waals surface area contributed by atoms with Crippen LogP contribution in [0.1, 0.15) is 11.1 Å². The molecule has 1 aromatic carbocycles. The molecule has 0 bridgehead atoms. The molecule has 0 aliphatic heterocycles. The lowest BCUT2D eigenvalue weighted by atomic mass is 10.0. The summed E-state index contributed by atoms with van der Waals surface area (Å²) in [5.41, 5.74) is -4.13. The smallest absolute Gasteiger partial charge is 0.383 e. The first-order valence-corrected chi connectivity index (χ1v) is 5.42. The molecule has 0 atom stereocenters. The zero-order chi connectivity index (χ0) is 16.4. The summed E-state index contributed by atoms with van der Waals surface area (Å²) < 4.78 is 38.9. The number of nitro benzene ring substituents is 2. The number of hydrogen-bond donors (Lipinski definition) is 0. The van der Waals surface area contributed by atoms with Crippen molar-refractivity contribution in [2.24, 2.45) is 0 Å². The summed E-state index contributed by atoms with van der Waals surface area (Å²) >= 11 is 0. The van der Waals surface area contributed by atoms with E-state index in [0.29, 0.717) is 6.07 Å². The Morgan fingerprint density at radius 3 is 2.10 bits per heavy atom. The molecule has 0 radical (unpaired) electrons. The Hall–Kier alpha value is -2.65. The second kappa shape index (κ2) is 5.77. The van der Waals surface area contributed by atoms with Gasteiger partial charge in [0.1, 0.15) is 0 Å². The standard InChI is InChI=1S/C11H10F3N3O4/c1-15(2)4-3-8-9(11(12,13)14)5-7(16(18)19)6-10(8)17(20)21/h3-6H,1-2H3/b4-3+. The lowest BCUT2D eigenvalue weighted by molar-refractivity contribution is -0.394. The van der Waals surface area contributed by atoms with E-state index < -0.39 is 38.5 Å². The molecule has 0 aliphatic carbocycles. The van der Waals surface area contributed by atoms with Crippen molar-refractivity contribution < 1.29 is 23.0 Å². The Balaban J connectivity index is 3.71. The van der Waals surface area contributed by atoms with E-state index in [4.69, 9.17) is 0 Å². The van der Waals surface area contributed by atoms with Crippen molar-refractivity contribution in [1.29, 1.82) is 0 Å². The maximum absolute atomic E-state index is 13.0. The minimum atomic E-state index is -4.96. The fraction of sp³-hybridized carbons (Fsp3) is 0.273. The summed E-state index contributed by atoms with van der Waals surface area (Å²) in [6.07, 6.45) is -2.88. The third kappa shape index (κ3) is 3.91. The molecule has 0 amide bonds. The van der Waals surface area contributed by atoms with Gasteiger partial charge in [-0.3, -0.25) is 20.2 Å². The Labute approximate surface area is 116 Å². The molecule has 0 spiro atoms. The maximum atomic E-state index is 13.0. The molecule has 0 aromatic heterocycles. The molecule has 114 valence electrons. The lowest BCUT2D eigenvalue weighted by Crippen LogP contribution is -2.11. The van der Waals surface area contributed by atoms with Crippen LogP contribution in [0.25, 0.3) is 6.08 Å². The first kappa shape index (κ1) is 16.4. The molecule has 0 unspecified atom stereocenters. The van der Waals surface area contributed by atoms with Gasteiger partial charge in [-0.25, -0.2) is 0 Å². The van der Waals surface area contributed by atoms with E-state index in [2.05, 4.69) is 0 Å². The molecule has 0 heterocycles.